The summed E-state index contributed by atoms with van der Waals surface area (Å²) < 4.78 is 0. The number of para-hydroxylation sites is 1. The smallest absolute Gasteiger partial charge is 0.0470 e. The lowest BCUT2D eigenvalue weighted by Gasteiger charge is -2.36. The van der Waals surface area contributed by atoms with E-state index in [-0.39, 0.29) is 0 Å². The van der Waals surface area contributed by atoms with Crippen LogP contribution in [0.15, 0.2) is 64.6 Å². The van der Waals surface area contributed by atoms with Crippen molar-refractivity contribution in [1.29, 1.82) is 0 Å². The van der Waals surface area contributed by atoms with Gasteiger partial charge in [0.05, 0.1) is 0 Å². The Bertz CT molecular complexity index is 604. The summed E-state index contributed by atoms with van der Waals surface area (Å²) in [6.45, 7) is 11.0. The topological polar surface area (TPSA) is 15.3 Å². The molecule has 0 aromatic heterocycles. The average molecular weight is 282 g/mol. The zero-order valence-corrected chi connectivity index (χ0v) is 14.0. The number of hydrogen-bond donors (Lipinski definition) is 1. The minimum atomic E-state index is 0.505. The van der Waals surface area contributed by atoms with E-state index in [2.05, 4.69) is 81.2 Å². The molecule has 1 aromatic rings. The number of likely N-dealkylation sites (N-methyl/N-ethyl adjacent to an activating group) is 1. The van der Waals surface area contributed by atoms with Crippen LogP contribution < -0.4 is 10.2 Å². The summed E-state index contributed by atoms with van der Waals surface area (Å²) in [5.74, 6) is 0.505. The van der Waals surface area contributed by atoms with Crippen molar-refractivity contribution in [3.63, 3.8) is 0 Å². The fourth-order valence-electron chi connectivity index (χ4n) is 2.91. The van der Waals surface area contributed by atoms with E-state index in [1.807, 2.05) is 7.05 Å². The molecule has 0 unspecified atom stereocenters. The minimum absolute atomic E-state index is 0.505. The van der Waals surface area contributed by atoms with Gasteiger partial charge in [0.2, 0.25) is 0 Å². The maximum Gasteiger partial charge on any atom is 0.0470 e. The number of rotatable bonds is 3. The first-order valence-electron chi connectivity index (χ1n) is 7.61. The van der Waals surface area contributed by atoms with E-state index in [0.717, 1.165) is 0 Å². The SMILES string of the molecule is CNC1=C(C)/C(=C\C(C)C)N(c2ccccc2)C(C)=C1C. The van der Waals surface area contributed by atoms with Crippen LogP contribution in [0.4, 0.5) is 5.69 Å². The van der Waals surface area contributed by atoms with E-state index < -0.39 is 0 Å². The van der Waals surface area contributed by atoms with Crippen molar-refractivity contribution in [2.24, 2.45) is 5.92 Å². The highest BCUT2D eigenvalue weighted by molar-refractivity contribution is 5.68. The molecule has 0 fully saturated rings. The van der Waals surface area contributed by atoms with Gasteiger partial charge in [-0.25, -0.2) is 0 Å². The van der Waals surface area contributed by atoms with E-state index in [4.69, 9.17) is 0 Å². The minimum Gasteiger partial charge on any atom is -0.388 e. The van der Waals surface area contributed by atoms with E-state index in [0.29, 0.717) is 5.92 Å². The number of anilines is 1. The Hall–Kier alpha value is -1.96. The van der Waals surface area contributed by atoms with Gasteiger partial charge in [-0.05, 0) is 50.0 Å². The van der Waals surface area contributed by atoms with Gasteiger partial charge in [-0.15, -0.1) is 0 Å². The first-order valence-corrected chi connectivity index (χ1v) is 7.61. The average Bonchev–Trinajstić information content (AvgIpc) is 2.46. The van der Waals surface area contributed by atoms with Crippen LogP contribution in [0.2, 0.25) is 0 Å². The van der Waals surface area contributed by atoms with Crippen molar-refractivity contribution in [1.82, 2.24) is 5.32 Å². The normalized spacial score (nSPS) is 18.0. The van der Waals surface area contributed by atoms with E-state index >= 15 is 0 Å². The summed E-state index contributed by atoms with van der Waals surface area (Å²) in [4.78, 5) is 2.37. The highest BCUT2D eigenvalue weighted by Gasteiger charge is 2.25. The predicted molar refractivity (Wildman–Crippen MR) is 92.0 cm³/mol. The molecule has 0 atom stereocenters. The number of hydrogen-bond acceptors (Lipinski definition) is 2. The molecule has 1 aliphatic rings. The molecule has 112 valence electrons. The van der Waals surface area contributed by atoms with E-state index in [9.17, 15) is 0 Å². The van der Waals surface area contributed by atoms with Crippen LogP contribution in [-0.2, 0) is 0 Å². The van der Waals surface area contributed by atoms with Gasteiger partial charge in [0, 0.05) is 29.8 Å². The van der Waals surface area contributed by atoms with Crippen molar-refractivity contribution in [3.05, 3.63) is 64.6 Å². The summed E-state index contributed by atoms with van der Waals surface area (Å²) in [5.41, 5.74) is 7.63. The molecule has 0 amide bonds. The molecule has 2 heteroatoms. The van der Waals surface area contributed by atoms with Gasteiger partial charge in [0.15, 0.2) is 0 Å². The van der Waals surface area contributed by atoms with Crippen LogP contribution in [0.3, 0.4) is 0 Å². The lowest BCUT2D eigenvalue weighted by atomic mass is 9.95. The number of nitrogens with one attached hydrogen (secondary N) is 1. The van der Waals surface area contributed by atoms with Crippen LogP contribution in [0.25, 0.3) is 0 Å². The molecule has 1 aromatic carbocycles. The lowest BCUT2D eigenvalue weighted by Crippen LogP contribution is -2.30. The molecule has 1 N–H and O–H groups in total. The van der Waals surface area contributed by atoms with Crippen molar-refractivity contribution in [3.8, 4) is 0 Å². The lowest BCUT2D eigenvalue weighted by molar-refractivity contribution is 0.805. The molecule has 2 rings (SSSR count). The van der Waals surface area contributed by atoms with Crippen LogP contribution in [0, 0.1) is 5.92 Å². The Labute approximate surface area is 128 Å². The molecule has 1 heterocycles. The molecule has 0 spiro atoms. The maximum absolute atomic E-state index is 3.36. The Balaban J connectivity index is 2.65. The highest BCUT2D eigenvalue weighted by atomic mass is 15.2. The molecular formula is C19H26N2. The molecule has 21 heavy (non-hydrogen) atoms. The summed E-state index contributed by atoms with van der Waals surface area (Å²) in [7, 11) is 2.00. The molecule has 0 bridgehead atoms. The maximum atomic E-state index is 3.36. The van der Waals surface area contributed by atoms with Gasteiger partial charge in [-0.3, -0.25) is 0 Å². The zero-order valence-electron chi connectivity index (χ0n) is 14.0. The molecule has 0 saturated heterocycles. The van der Waals surface area contributed by atoms with Crippen LogP contribution in [0.5, 0.6) is 0 Å². The molecule has 0 aliphatic carbocycles. The van der Waals surface area contributed by atoms with Crippen molar-refractivity contribution in [2.75, 3.05) is 11.9 Å². The summed E-state index contributed by atoms with van der Waals surface area (Å²) in [5, 5.41) is 3.36. The van der Waals surface area contributed by atoms with Gasteiger partial charge in [-0.2, -0.15) is 0 Å². The number of nitrogens with zero attached hydrogens (tertiary/aromatic N) is 1. The van der Waals surface area contributed by atoms with Crippen LogP contribution in [-0.4, -0.2) is 7.05 Å². The number of allylic oxidation sites excluding steroid dienone is 4. The van der Waals surface area contributed by atoms with Gasteiger partial charge < -0.3 is 10.2 Å². The monoisotopic (exact) mass is 282 g/mol. The zero-order chi connectivity index (χ0) is 15.6. The highest BCUT2D eigenvalue weighted by Crippen LogP contribution is 2.37. The van der Waals surface area contributed by atoms with Gasteiger partial charge >= 0.3 is 0 Å². The fraction of sp³-hybridized carbons (Fsp3) is 0.368. The van der Waals surface area contributed by atoms with E-state index in [1.165, 1.54) is 33.9 Å². The van der Waals surface area contributed by atoms with E-state index in [1.54, 1.807) is 0 Å². The van der Waals surface area contributed by atoms with Crippen LogP contribution in [0.1, 0.15) is 34.6 Å². The standard InChI is InChI=1S/C19H26N2/c1-13(2)12-18-15(4)19(20-6)14(3)16(5)21(18)17-10-8-7-9-11-17/h7-13,20H,1-6H3/b18-12+. The second kappa shape index (κ2) is 6.21. The summed E-state index contributed by atoms with van der Waals surface area (Å²) >= 11 is 0. The third kappa shape index (κ3) is 2.90. The van der Waals surface area contributed by atoms with Gasteiger partial charge in [-0.1, -0.05) is 38.1 Å². The molecule has 0 radical (unpaired) electrons. The molecule has 0 saturated carbocycles. The second-order valence-electron chi connectivity index (χ2n) is 5.93. The van der Waals surface area contributed by atoms with Gasteiger partial charge in [0.25, 0.3) is 0 Å². The predicted octanol–water partition coefficient (Wildman–Crippen LogP) is 4.83. The fourth-order valence-corrected chi connectivity index (χ4v) is 2.91. The van der Waals surface area contributed by atoms with Crippen molar-refractivity contribution >= 4 is 5.69 Å². The Kier molecular flexibility index (Phi) is 4.56. The van der Waals surface area contributed by atoms with Crippen LogP contribution >= 0.6 is 0 Å². The first kappa shape index (κ1) is 15.4. The molecule has 2 nitrogen and oxygen atoms in total. The largest absolute Gasteiger partial charge is 0.388 e. The summed E-state index contributed by atoms with van der Waals surface area (Å²) in [6.07, 6.45) is 2.34. The van der Waals surface area contributed by atoms with Gasteiger partial charge in [0.1, 0.15) is 0 Å². The molecule has 1 aliphatic heterocycles. The third-order valence-corrected chi connectivity index (χ3v) is 4.01. The molecular weight excluding hydrogens is 256 g/mol. The quantitative estimate of drug-likeness (QED) is 0.854. The Morgan fingerprint density at radius 3 is 2.14 bits per heavy atom. The number of benzene rings is 1. The van der Waals surface area contributed by atoms with Crippen molar-refractivity contribution < 1.29 is 0 Å². The first-order chi connectivity index (χ1) is 9.97. The third-order valence-electron chi connectivity index (χ3n) is 4.01. The second-order valence-corrected chi connectivity index (χ2v) is 5.93. The Morgan fingerprint density at radius 1 is 1.00 bits per heavy atom. The van der Waals surface area contributed by atoms with Crippen molar-refractivity contribution in [2.45, 2.75) is 34.6 Å². The Morgan fingerprint density at radius 2 is 1.62 bits per heavy atom. The summed E-state index contributed by atoms with van der Waals surface area (Å²) in [6, 6.07) is 10.6.